The fraction of sp³-hybridized carbons (Fsp3) is 0.190. The van der Waals surface area contributed by atoms with Crippen LogP contribution in [-0.2, 0) is 24.5 Å². The van der Waals surface area contributed by atoms with Crippen molar-refractivity contribution >= 4 is 72.7 Å². The molecule has 0 aromatic heterocycles. The van der Waals surface area contributed by atoms with Crippen molar-refractivity contribution in [3.05, 3.63) is 46.4 Å². The van der Waals surface area contributed by atoms with E-state index in [0.717, 1.165) is 11.8 Å². The molecule has 1 aliphatic heterocycles. The van der Waals surface area contributed by atoms with Gasteiger partial charge in [-0.05, 0) is 57.9 Å². The molecule has 0 aliphatic carbocycles. The summed E-state index contributed by atoms with van der Waals surface area (Å²) < 4.78 is 36.4. The number of carboxylic acid groups (broad SMARTS) is 1. The molecule has 1 saturated heterocycles. The lowest BCUT2D eigenvalue weighted by Crippen LogP contribution is -2.26. The number of carbonyl (C=O) groups is 3. The monoisotopic (exact) mass is 598 g/mol. The SMILES string of the molecule is COc1cc(C=N/N=C2\NC(=O)C(CC(=O)O)S2)cc(Br)c1OS(=O)(=O)c1ccc(NC(C)=O)cc1. The van der Waals surface area contributed by atoms with Crippen LogP contribution < -0.4 is 19.6 Å². The molecule has 2 aromatic carbocycles. The van der Waals surface area contributed by atoms with Crippen LogP contribution in [0.15, 0.2) is 56.0 Å². The van der Waals surface area contributed by atoms with Crippen molar-refractivity contribution in [2.24, 2.45) is 10.2 Å². The molecular weight excluding hydrogens is 580 g/mol. The fourth-order valence-electron chi connectivity index (χ4n) is 2.85. The largest absolute Gasteiger partial charge is 0.493 e. The Morgan fingerprint density at radius 2 is 1.97 bits per heavy atom. The lowest BCUT2D eigenvalue weighted by atomic mass is 10.2. The van der Waals surface area contributed by atoms with Crippen molar-refractivity contribution in [1.29, 1.82) is 0 Å². The van der Waals surface area contributed by atoms with Gasteiger partial charge >= 0.3 is 16.1 Å². The van der Waals surface area contributed by atoms with Crippen LogP contribution in [0.25, 0.3) is 0 Å². The summed E-state index contributed by atoms with van der Waals surface area (Å²) in [6.07, 6.45) is 0.990. The molecule has 12 nitrogen and oxygen atoms in total. The maximum Gasteiger partial charge on any atom is 0.339 e. The van der Waals surface area contributed by atoms with Gasteiger partial charge in [0.1, 0.15) is 10.1 Å². The predicted octanol–water partition coefficient (Wildman–Crippen LogP) is 2.58. The number of nitrogens with one attached hydrogen (secondary N) is 2. The van der Waals surface area contributed by atoms with E-state index < -0.39 is 27.2 Å². The van der Waals surface area contributed by atoms with Gasteiger partial charge in [-0.2, -0.15) is 13.5 Å². The van der Waals surface area contributed by atoms with Crippen LogP contribution in [0.4, 0.5) is 5.69 Å². The van der Waals surface area contributed by atoms with Crippen LogP contribution in [0.5, 0.6) is 11.5 Å². The first kappa shape index (κ1) is 27.2. The van der Waals surface area contributed by atoms with E-state index in [4.69, 9.17) is 14.0 Å². The molecule has 0 radical (unpaired) electrons. The molecule has 1 unspecified atom stereocenters. The minimum atomic E-state index is -4.24. The number of hydrogen-bond donors (Lipinski definition) is 3. The molecular formula is C21H19BrN4O8S2. The Bertz CT molecular complexity index is 1360. The number of halogens is 1. The van der Waals surface area contributed by atoms with Gasteiger partial charge in [-0.1, -0.05) is 11.8 Å². The van der Waals surface area contributed by atoms with Crippen LogP contribution in [0.1, 0.15) is 18.9 Å². The van der Waals surface area contributed by atoms with Crippen LogP contribution in [-0.4, -0.2) is 55.0 Å². The summed E-state index contributed by atoms with van der Waals surface area (Å²) in [5.74, 6) is -1.87. The van der Waals surface area contributed by atoms with E-state index in [-0.39, 0.29) is 38.4 Å². The zero-order valence-electron chi connectivity index (χ0n) is 18.7. The van der Waals surface area contributed by atoms with E-state index in [1.54, 1.807) is 0 Å². The van der Waals surface area contributed by atoms with Gasteiger partial charge < -0.3 is 24.7 Å². The fourth-order valence-corrected chi connectivity index (χ4v) is 5.37. The molecule has 0 saturated carbocycles. The maximum absolute atomic E-state index is 12.8. The number of anilines is 1. The predicted molar refractivity (Wildman–Crippen MR) is 136 cm³/mol. The van der Waals surface area contributed by atoms with Gasteiger partial charge in [0, 0.05) is 12.6 Å². The number of ether oxygens (including phenoxy) is 1. The summed E-state index contributed by atoms with van der Waals surface area (Å²) in [4.78, 5) is 33.6. The third kappa shape index (κ3) is 7.05. The summed E-state index contributed by atoms with van der Waals surface area (Å²) in [5, 5.41) is 21.0. The summed E-state index contributed by atoms with van der Waals surface area (Å²) in [6.45, 7) is 1.34. The van der Waals surface area contributed by atoms with Crippen molar-refractivity contribution < 1.29 is 36.8 Å². The summed E-state index contributed by atoms with van der Waals surface area (Å²) >= 11 is 4.23. The summed E-state index contributed by atoms with van der Waals surface area (Å²) in [6, 6.07) is 8.43. The number of amidine groups is 1. The lowest BCUT2D eigenvalue weighted by molar-refractivity contribution is -0.138. The number of nitrogens with zero attached hydrogens (tertiary/aromatic N) is 2. The molecule has 2 aromatic rings. The number of aliphatic carboxylic acids is 1. The Morgan fingerprint density at radius 3 is 2.58 bits per heavy atom. The highest BCUT2D eigenvalue weighted by molar-refractivity contribution is 9.10. The van der Waals surface area contributed by atoms with E-state index in [9.17, 15) is 22.8 Å². The zero-order chi connectivity index (χ0) is 26.5. The highest BCUT2D eigenvalue weighted by Gasteiger charge is 2.32. The van der Waals surface area contributed by atoms with E-state index in [1.165, 1.54) is 56.6 Å². The minimum Gasteiger partial charge on any atom is -0.493 e. The Morgan fingerprint density at radius 1 is 1.28 bits per heavy atom. The van der Waals surface area contributed by atoms with Gasteiger partial charge in [-0.3, -0.25) is 14.4 Å². The maximum atomic E-state index is 12.8. The van der Waals surface area contributed by atoms with Gasteiger partial charge in [0.2, 0.25) is 11.8 Å². The molecule has 3 N–H and O–H groups in total. The third-order valence-electron chi connectivity index (χ3n) is 4.40. The smallest absolute Gasteiger partial charge is 0.339 e. The summed E-state index contributed by atoms with van der Waals surface area (Å²) in [5.41, 5.74) is 0.893. The zero-order valence-corrected chi connectivity index (χ0v) is 21.9. The average Bonchev–Trinajstić information content (AvgIpc) is 3.13. The van der Waals surface area contributed by atoms with E-state index in [0.29, 0.717) is 11.3 Å². The van der Waals surface area contributed by atoms with E-state index in [2.05, 4.69) is 36.8 Å². The number of methoxy groups -OCH3 is 1. The van der Waals surface area contributed by atoms with Gasteiger partial charge in [0.25, 0.3) is 0 Å². The summed E-state index contributed by atoms with van der Waals surface area (Å²) in [7, 11) is -2.91. The number of carboxylic acids is 1. The third-order valence-corrected chi connectivity index (χ3v) is 7.30. The van der Waals surface area contributed by atoms with Crippen LogP contribution in [0.2, 0.25) is 0 Å². The normalized spacial score (nSPS) is 16.7. The van der Waals surface area contributed by atoms with Gasteiger partial charge in [-0.15, -0.1) is 5.10 Å². The first-order valence-corrected chi connectivity index (χ1v) is 13.1. The molecule has 36 heavy (non-hydrogen) atoms. The Hall–Kier alpha value is -3.43. The van der Waals surface area contributed by atoms with E-state index in [1.807, 2.05) is 0 Å². The standard InChI is InChI=1S/C21H19BrN4O8S2/c1-11(27)24-13-3-5-14(6-4-13)36(31,32)34-19-15(22)7-12(8-16(19)33-2)10-23-26-21-25-20(30)17(35-21)9-18(28)29/h3-8,10,17H,9H2,1-2H3,(H,24,27)(H,28,29)(H,25,26,30). The topological polar surface area (TPSA) is 173 Å². The van der Waals surface area contributed by atoms with Crippen LogP contribution in [0.3, 0.4) is 0 Å². The molecule has 1 fully saturated rings. The van der Waals surface area contributed by atoms with Crippen molar-refractivity contribution in [2.75, 3.05) is 12.4 Å². The number of rotatable bonds is 9. The molecule has 2 amide bonds. The average molecular weight is 599 g/mol. The highest BCUT2D eigenvalue weighted by Crippen LogP contribution is 2.38. The molecule has 0 spiro atoms. The Labute approximate surface area is 218 Å². The lowest BCUT2D eigenvalue weighted by Gasteiger charge is -2.13. The van der Waals surface area contributed by atoms with Gasteiger partial charge in [-0.25, -0.2) is 0 Å². The molecule has 1 atom stereocenters. The quantitative estimate of drug-likeness (QED) is 0.223. The molecule has 190 valence electrons. The number of carbonyl (C=O) groups excluding carboxylic acids is 2. The second-order valence-corrected chi connectivity index (χ2v) is 10.7. The number of benzene rings is 2. The number of hydrogen-bond acceptors (Lipinski definition) is 10. The first-order chi connectivity index (χ1) is 17.0. The van der Waals surface area contributed by atoms with Crippen LogP contribution >= 0.6 is 27.7 Å². The Balaban J connectivity index is 1.77. The van der Waals surface area contributed by atoms with Gasteiger partial charge in [0.15, 0.2) is 16.7 Å². The van der Waals surface area contributed by atoms with E-state index >= 15 is 0 Å². The van der Waals surface area contributed by atoms with Crippen LogP contribution in [0, 0.1) is 0 Å². The Kier molecular flexibility index (Phi) is 8.70. The van der Waals surface area contributed by atoms with Crippen molar-refractivity contribution in [2.45, 2.75) is 23.5 Å². The van der Waals surface area contributed by atoms with Gasteiger partial charge in [0.05, 0.1) is 24.2 Å². The van der Waals surface area contributed by atoms with Crippen molar-refractivity contribution in [3.8, 4) is 11.5 Å². The minimum absolute atomic E-state index is 0.0852. The molecule has 0 bridgehead atoms. The number of amides is 2. The molecule has 1 heterocycles. The second-order valence-electron chi connectivity index (χ2n) is 7.12. The molecule has 15 heteroatoms. The molecule has 3 rings (SSSR count). The van der Waals surface area contributed by atoms with Crippen molar-refractivity contribution in [3.63, 3.8) is 0 Å². The first-order valence-electron chi connectivity index (χ1n) is 9.98. The second kappa shape index (κ2) is 11.5. The highest BCUT2D eigenvalue weighted by atomic mass is 79.9. The van der Waals surface area contributed by atoms with Crippen molar-refractivity contribution in [1.82, 2.24) is 5.32 Å². The number of thioether (sulfide) groups is 1. The molecule has 1 aliphatic rings.